The lowest BCUT2D eigenvalue weighted by molar-refractivity contribution is 0.0819. The number of Topliss-reactive ketones (excluding diaryl/α,β-unsaturated/α-hetero) is 2. The molecule has 4 heteroatoms. The molecule has 0 aliphatic heterocycles. The molecule has 3 nitrogen and oxygen atoms in total. The topological polar surface area (TPSA) is 46.2 Å². The number of carbonyl (C=O) groups excluding carboxylic acids is 2. The molecule has 0 fully saturated rings. The molecule has 1 N–H and O–H groups in total. The molecule has 3 aromatic rings. The summed E-state index contributed by atoms with van der Waals surface area (Å²) in [5.41, 5.74) is 1.56. The quantitative estimate of drug-likeness (QED) is 0.665. The first-order valence-electron chi connectivity index (χ1n) is 8.32. The number of hydrogen-bond donors (Lipinski definition) is 1. The summed E-state index contributed by atoms with van der Waals surface area (Å²) >= 11 is 6.24. The number of fused-ring (bicyclic) bond motifs is 1. The van der Waals surface area contributed by atoms with Crippen molar-refractivity contribution in [2.24, 2.45) is 0 Å². The fourth-order valence-corrected chi connectivity index (χ4v) is 3.59. The highest BCUT2D eigenvalue weighted by molar-refractivity contribution is 6.34. The van der Waals surface area contributed by atoms with Gasteiger partial charge < -0.3 is 5.32 Å². The minimum Gasteiger partial charge on any atom is -0.362 e. The van der Waals surface area contributed by atoms with E-state index in [4.69, 9.17) is 11.6 Å². The van der Waals surface area contributed by atoms with E-state index in [1.165, 1.54) is 0 Å². The molecule has 0 saturated heterocycles. The second-order valence-corrected chi connectivity index (χ2v) is 6.82. The van der Waals surface area contributed by atoms with Crippen LogP contribution in [0.15, 0.2) is 72.8 Å². The van der Waals surface area contributed by atoms with Crippen LogP contribution in [0.1, 0.15) is 31.8 Å². The second-order valence-electron chi connectivity index (χ2n) is 6.41. The van der Waals surface area contributed by atoms with Crippen LogP contribution in [0.2, 0.25) is 5.02 Å². The third kappa shape index (κ3) is 2.36. The summed E-state index contributed by atoms with van der Waals surface area (Å²) in [4.78, 5) is 26.7. The van der Waals surface area contributed by atoms with Crippen LogP contribution in [0.5, 0.6) is 0 Å². The molecule has 0 bridgehead atoms. The molecular weight excluding hydrogens is 346 g/mol. The Labute approximate surface area is 156 Å². The monoisotopic (exact) mass is 361 g/mol. The van der Waals surface area contributed by atoms with Gasteiger partial charge in [0.15, 0.2) is 5.54 Å². The van der Waals surface area contributed by atoms with Crippen LogP contribution in [-0.2, 0) is 5.54 Å². The summed E-state index contributed by atoms with van der Waals surface area (Å²) in [5, 5.41) is 3.78. The highest BCUT2D eigenvalue weighted by Crippen LogP contribution is 2.40. The fourth-order valence-electron chi connectivity index (χ4n) is 3.41. The molecule has 1 aliphatic carbocycles. The number of carbonyl (C=O) groups is 2. The minimum absolute atomic E-state index is 0.249. The highest BCUT2D eigenvalue weighted by Gasteiger charge is 2.54. The van der Waals surface area contributed by atoms with Crippen LogP contribution in [0.25, 0.3) is 0 Å². The van der Waals surface area contributed by atoms with Crippen molar-refractivity contribution in [3.63, 3.8) is 0 Å². The summed E-state index contributed by atoms with van der Waals surface area (Å²) < 4.78 is 0. The lowest BCUT2D eigenvalue weighted by Gasteiger charge is -2.29. The van der Waals surface area contributed by atoms with Gasteiger partial charge in [-0.15, -0.1) is 0 Å². The zero-order chi connectivity index (χ0) is 18.3. The molecule has 26 heavy (non-hydrogen) atoms. The van der Waals surface area contributed by atoms with Gasteiger partial charge in [0, 0.05) is 21.8 Å². The van der Waals surface area contributed by atoms with Crippen molar-refractivity contribution in [2.45, 2.75) is 12.5 Å². The number of hydrogen-bond acceptors (Lipinski definition) is 3. The zero-order valence-corrected chi connectivity index (χ0v) is 14.9. The zero-order valence-electron chi connectivity index (χ0n) is 14.1. The van der Waals surface area contributed by atoms with E-state index in [-0.39, 0.29) is 11.6 Å². The molecular formula is C22H16ClNO2. The van der Waals surface area contributed by atoms with Crippen molar-refractivity contribution in [2.75, 3.05) is 5.32 Å². The number of ketones is 2. The Balaban J connectivity index is 1.91. The minimum atomic E-state index is -1.48. The highest BCUT2D eigenvalue weighted by atomic mass is 35.5. The van der Waals surface area contributed by atoms with E-state index >= 15 is 0 Å². The normalized spacial score (nSPS) is 15.0. The summed E-state index contributed by atoms with van der Waals surface area (Å²) in [5.74, 6) is -0.498. The average Bonchev–Trinajstić information content (AvgIpc) is 2.88. The summed E-state index contributed by atoms with van der Waals surface area (Å²) in [6, 6.07) is 21.5. The van der Waals surface area contributed by atoms with Gasteiger partial charge in [0.25, 0.3) is 0 Å². The van der Waals surface area contributed by atoms with E-state index in [1.807, 2.05) is 37.3 Å². The number of benzene rings is 3. The van der Waals surface area contributed by atoms with E-state index in [0.717, 1.165) is 5.56 Å². The van der Waals surface area contributed by atoms with Crippen LogP contribution in [0.4, 0.5) is 5.69 Å². The Morgan fingerprint density at radius 3 is 1.96 bits per heavy atom. The summed E-state index contributed by atoms with van der Waals surface area (Å²) in [6.07, 6.45) is 0. The van der Waals surface area contributed by atoms with E-state index < -0.39 is 5.54 Å². The maximum Gasteiger partial charge on any atom is 0.201 e. The van der Waals surface area contributed by atoms with E-state index in [9.17, 15) is 9.59 Å². The molecule has 0 saturated carbocycles. The van der Waals surface area contributed by atoms with Gasteiger partial charge in [0.1, 0.15) is 0 Å². The first kappa shape index (κ1) is 16.6. The molecule has 1 aliphatic rings. The summed E-state index contributed by atoms with van der Waals surface area (Å²) in [7, 11) is 0. The van der Waals surface area contributed by atoms with Crippen LogP contribution < -0.4 is 5.32 Å². The number of rotatable bonds is 3. The third-order valence-corrected chi connectivity index (χ3v) is 5.22. The smallest absolute Gasteiger partial charge is 0.201 e. The Bertz CT molecular complexity index is 992. The second kappa shape index (κ2) is 6.11. The van der Waals surface area contributed by atoms with E-state index in [2.05, 4.69) is 5.32 Å². The maximum atomic E-state index is 13.4. The van der Waals surface area contributed by atoms with Crippen LogP contribution in [0.3, 0.4) is 0 Å². The van der Waals surface area contributed by atoms with Crippen molar-refractivity contribution < 1.29 is 9.59 Å². The number of anilines is 1. The van der Waals surface area contributed by atoms with Crippen molar-refractivity contribution >= 4 is 28.9 Å². The lowest BCUT2D eigenvalue weighted by Crippen LogP contribution is -2.46. The third-order valence-electron chi connectivity index (χ3n) is 4.81. The van der Waals surface area contributed by atoms with Crippen molar-refractivity contribution in [3.05, 3.63) is 100 Å². The Morgan fingerprint density at radius 1 is 0.808 bits per heavy atom. The maximum absolute atomic E-state index is 13.4. The van der Waals surface area contributed by atoms with Crippen molar-refractivity contribution in [1.82, 2.24) is 0 Å². The van der Waals surface area contributed by atoms with E-state index in [0.29, 0.717) is 27.4 Å². The van der Waals surface area contributed by atoms with Crippen LogP contribution >= 0.6 is 11.6 Å². The largest absolute Gasteiger partial charge is 0.362 e. The van der Waals surface area contributed by atoms with Gasteiger partial charge in [-0.25, -0.2) is 0 Å². The number of aryl methyl sites for hydroxylation is 1. The first-order valence-corrected chi connectivity index (χ1v) is 8.70. The SMILES string of the molecule is Cc1ccc(NC2(c3ccccc3)C(=O)c3ccccc3C2=O)cc1Cl. The molecule has 0 aromatic heterocycles. The molecule has 0 spiro atoms. The van der Waals surface area contributed by atoms with Crippen LogP contribution in [0, 0.1) is 6.92 Å². The van der Waals surface area contributed by atoms with Crippen molar-refractivity contribution in [1.29, 1.82) is 0 Å². The molecule has 4 rings (SSSR count). The standard InChI is InChI=1S/C22H16ClNO2/c1-14-11-12-16(13-19(14)23)24-22(15-7-3-2-4-8-15)20(25)17-9-5-6-10-18(17)21(22)26/h2-13,24H,1H3. The number of halogens is 1. The predicted octanol–water partition coefficient (Wildman–Crippen LogP) is 5.04. The molecule has 0 amide bonds. The fraction of sp³-hybridized carbons (Fsp3) is 0.0909. The average molecular weight is 362 g/mol. The van der Waals surface area contributed by atoms with Gasteiger partial charge in [-0.05, 0) is 30.2 Å². The predicted molar refractivity (Wildman–Crippen MR) is 103 cm³/mol. The lowest BCUT2D eigenvalue weighted by atomic mass is 9.84. The Kier molecular flexibility index (Phi) is 3.89. The molecule has 0 atom stereocenters. The van der Waals surface area contributed by atoms with Gasteiger partial charge in [0.2, 0.25) is 11.6 Å². The van der Waals surface area contributed by atoms with Gasteiger partial charge in [-0.1, -0.05) is 72.3 Å². The first-order chi connectivity index (χ1) is 12.5. The molecule has 0 radical (unpaired) electrons. The molecule has 3 aromatic carbocycles. The Morgan fingerprint density at radius 2 is 1.38 bits per heavy atom. The van der Waals surface area contributed by atoms with E-state index in [1.54, 1.807) is 42.5 Å². The molecule has 0 unspecified atom stereocenters. The molecule has 0 heterocycles. The Hall–Kier alpha value is -2.91. The van der Waals surface area contributed by atoms with Crippen LogP contribution in [-0.4, -0.2) is 11.6 Å². The van der Waals surface area contributed by atoms with Gasteiger partial charge in [-0.3, -0.25) is 9.59 Å². The number of nitrogens with one attached hydrogen (secondary N) is 1. The van der Waals surface area contributed by atoms with Crippen molar-refractivity contribution in [3.8, 4) is 0 Å². The van der Waals surface area contributed by atoms with Gasteiger partial charge >= 0.3 is 0 Å². The van der Waals surface area contributed by atoms with Gasteiger partial charge in [-0.2, -0.15) is 0 Å². The van der Waals surface area contributed by atoms with Gasteiger partial charge in [0.05, 0.1) is 0 Å². The summed E-state index contributed by atoms with van der Waals surface area (Å²) in [6.45, 7) is 1.90. The molecule has 128 valence electrons.